The van der Waals surface area contributed by atoms with Crippen molar-refractivity contribution in [3.05, 3.63) is 47.5 Å². The van der Waals surface area contributed by atoms with E-state index >= 15 is 0 Å². The number of terminal acetylenes is 1. The Balaban J connectivity index is 2.74. The van der Waals surface area contributed by atoms with Crippen LogP contribution in [0, 0.1) is 12.3 Å². The largest absolute Gasteiger partial charge is 0.120 e. The van der Waals surface area contributed by atoms with E-state index in [1.807, 2.05) is 0 Å². The van der Waals surface area contributed by atoms with E-state index in [9.17, 15) is 0 Å². The lowest BCUT2D eigenvalue weighted by Crippen LogP contribution is -1.93. The highest BCUT2D eigenvalue weighted by Crippen LogP contribution is 2.23. The van der Waals surface area contributed by atoms with Gasteiger partial charge in [0.05, 0.1) is 0 Å². The van der Waals surface area contributed by atoms with Crippen LogP contribution in [0.2, 0.25) is 0 Å². The highest BCUT2D eigenvalue weighted by molar-refractivity contribution is 5.87. The van der Waals surface area contributed by atoms with Crippen molar-refractivity contribution in [1.29, 1.82) is 0 Å². The SMILES string of the molecule is C#CCc1c(CC)ccc2ccccc12. The predicted octanol–water partition coefficient (Wildman–Crippen LogP) is 3.58. The van der Waals surface area contributed by atoms with Gasteiger partial charge in [0.25, 0.3) is 0 Å². The Hall–Kier alpha value is -1.74. The summed E-state index contributed by atoms with van der Waals surface area (Å²) in [7, 11) is 0. The molecule has 0 aliphatic rings. The molecule has 0 aromatic heterocycles. The van der Waals surface area contributed by atoms with E-state index in [-0.39, 0.29) is 0 Å². The molecule has 0 heteroatoms. The third-order valence-electron chi connectivity index (χ3n) is 2.80. The summed E-state index contributed by atoms with van der Waals surface area (Å²) in [6.07, 6.45) is 7.20. The minimum atomic E-state index is 0.727. The standard InChI is InChI=1S/C15H14/c1-3-7-14-12(4-2)10-11-13-8-5-6-9-15(13)14/h1,5-6,8-11H,4,7H2,2H3. The summed E-state index contributed by atoms with van der Waals surface area (Å²) in [6.45, 7) is 2.17. The van der Waals surface area contributed by atoms with Gasteiger partial charge in [0.1, 0.15) is 0 Å². The fraction of sp³-hybridized carbons (Fsp3) is 0.200. The summed E-state index contributed by atoms with van der Waals surface area (Å²) in [5, 5.41) is 2.58. The zero-order valence-electron chi connectivity index (χ0n) is 8.96. The molecule has 0 heterocycles. The van der Waals surface area contributed by atoms with Crippen LogP contribution in [-0.2, 0) is 12.8 Å². The van der Waals surface area contributed by atoms with Crippen molar-refractivity contribution in [2.45, 2.75) is 19.8 Å². The van der Waals surface area contributed by atoms with Gasteiger partial charge in [-0.2, -0.15) is 0 Å². The van der Waals surface area contributed by atoms with Crippen LogP contribution >= 0.6 is 0 Å². The molecule has 15 heavy (non-hydrogen) atoms. The average molecular weight is 194 g/mol. The molecule has 0 unspecified atom stereocenters. The predicted molar refractivity (Wildman–Crippen MR) is 65.9 cm³/mol. The van der Waals surface area contributed by atoms with E-state index in [2.05, 4.69) is 49.2 Å². The van der Waals surface area contributed by atoms with Crippen molar-refractivity contribution < 1.29 is 0 Å². The molecule has 0 amide bonds. The van der Waals surface area contributed by atoms with E-state index in [4.69, 9.17) is 6.42 Å². The van der Waals surface area contributed by atoms with Crippen molar-refractivity contribution in [3.63, 3.8) is 0 Å². The Morgan fingerprint density at radius 2 is 1.93 bits per heavy atom. The van der Waals surface area contributed by atoms with Crippen LogP contribution in [0.1, 0.15) is 18.1 Å². The molecule has 0 spiro atoms. The molecule has 2 aromatic carbocycles. The summed E-state index contributed by atoms with van der Waals surface area (Å²) >= 11 is 0. The van der Waals surface area contributed by atoms with Crippen LogP contribution in [0.15, 0.2) is 36.4 Å². The average Bonchev–Trinajstić information content (AvgIpc) is 2.30. The van der Waals surface area contributed by atoms with Crippen LogP contribution in [0.3, 0.4) is 0 Å². The van der Waals surface area contributed by atoms with Gasteiger partial charge in [0, 0.05) is 6.42 Å². The van der Waals surface area contributed by atoms with Gasteiger partial charge >= 0.3 is 0 Å². The molecule has 74 valence electrons. The van der Waals surface area contributed by atoms with Gasteiger partial charge in [-0.3, -0.25) is 0 Å². The fourth-order valence-electron chi connectivity index (χ4n) is 2.02. The van der Waals surface area contributed by atoms with E-state index in [0.29, 0.717) is 0 Å². The van der Waals surface area contributed by atoms with Gasteiger partial charge in [0.2, 0.25) is 0 Å². The lowest BCUT2D eigenvalue weighted by Gasteiger charge is -2.09. The van der Waals surface area contributed by atoms with Crippen LogP contribution in [-0.4, -0.2) is 0 Å². The number of hydrogen-bond acceptors (Lipinski definition) is 0. The zero-order valence-corrected chi connectivity index (χ0v) is 8.96. The normalized spacial score (nSPS) is 10.1. The summed E-state index contributed by atoms with van der Waals surface area (Å²) < 4.78 is 0. The number of rotatable bonds is 2. The maximum absolute atomic E-state index is 5.43. The minimum absolute atomic E-state index is 0.727. The van der Waals surface area contributed by atoms with Crippen LogP contribution in [0.5, 0.6) is 0 Å². The molecule has 0 bridgehead atoms. The molecule has 0 radical (unpaired) electrons. The van der Waals surface area contributed by atoms with Crippen molar-refractivity contribution in [2.75, 3.05) is 0 Å². The van der Waals surface area contributed by atoms with Crippen LogP contribution < -0.4 is 0 Å². The smallest absolute Gasteiger partial charge is 0.0346 e. The van der Waals surface area contributed by atoms with Gasteiger partial charge in [0.15, 0.2) is 0 Å². The molecule has 2 rings (SSSR count). The van der Waals surface area contributed by atoms with Gasteiger partial charge in [-0.1, -0.05) is 43.3 Å². The number of hydrogen-bond donors (Lipinski definition) is 0. The molecule has 2 aromatic rings. The summed E-state index contributed by atoms with van der Waals surface area (Å²) in [6, 6.07) is 12.8. The summed E-state index contributed by atoms with van der Waals surface area (Å²) in [5.41, 5.74) is 2.68. The first-order chi connectivity index (χ1) is 7.36. The first-order valence-electron chi connectivity index (χ1n) is 5.29. The second kappa shape index (κ2) is 4.19. The molecule has 0 N–H and O–H groups in total. The minimum Gasteiger partial charge on any atom is -0.120 e. The lowest BCUT2D eigenvalue weighted by molar-refractivity contribution is 1.10. The summed E-state index contributed by atoms with van der Waals surface area (Å²) in [5.74, 6) is 2.75. The lowest BCUT2D eigenvalue weighted by atomic mass is 9.95. The van der Waals surface area contributed by atoms with Crippen molar-refractivity contribution >= 4 is 10.8 Å². The van der Waals surface area contributed by atoms with E-state index in [1.165, 1.54) is 21.9 Å². The molecule has 0 saturated carbocycles. The molecular formula is C15H14. The first-order valence-corrected chi connectivity index (χ1v) is 5.29. The maximum atomic E-state index is 5.43. The Labute approximate surface area is 90.9 Å². The van der Waals surface area contributed by atoms with Crippen LogP contribution in [0.25, 0.3) is 10.8 Å². The molecule has 0 atom stereocenters. The quantitative estimate of drug-likeness (QED) is 0.641. The zero-order chi connectivity index (χ0) is 10.7. The van der Waals surface area contributed by atoms with Crippen molar-refractivity contribution in [1.82, 2.24) is 0 Å². The highest BCUT2D eigenvalue weighted by Gasteiger charge is 2.04. The first kappa shape index (κ1) is 9.80. The monoisotopic (exact) mass is 194 g/mol. The number of benzene rings is 2. The molecular weight excluding hydrogens is 180 g/mol. The number of fused-ring (bicyclic) bond motifs is 1. The topological polar surface area (TPSA) is 0 Å². The second-order valence-corrected chi connectivity index (χ2v) is 3.66. The van der Waals surface area contributed by atoms with Gasteiger partial charge in [-0.25, -0.2) is 0 Å². The Morgan fingerprint density at radius 1 is 1.13 bits per heavy atom. The molecule has 0 nitrogen and oxygen atoms in total. The maximum Gasteiger partial charge on any atom is 0.0346 e. The number of aryl methyl sites for hydroxylation is 1. The van der Waals surface area contributed by atoms with E-state index in [0.717, 1.165) is 12.8 Å². The third-order valence-corrected chi connectivity index (χ3v) is 2.80. The second-order valence-electron chi connectivity index (χ2n) is 3.66. The van der Waals surface area contributed by atoms with E-state index < -0.39 is 0 Å². The van der Waals surface area contributed by atoms with Crippen molar-refractivity contribution in [3.8, 4) is 12.3 Å². The molecule has 0 fully saturated rings. The van der Waals surface area contributed by atoms with Gasteiger partial charge < -0.3 is 0 Å². The molecule has 0 aliphatic heterocycles. The fourth-order valence-corrected chi connectivity index (χ4v) is 2.02. The Bertz CT molecular complexity index is 515. The van der Waals surface area contributed by atoms with Crippen molar-refractivity contribution in [2.24, 2.45) is 0 Å². The van der Waals surface area contributed by atoms with Crippen LogP contribution in [0.4, 0.5) is 0 Å². The molecule has 0 saturated heterocycles. The third kappa shape index (κ3) is 1.74. The summed E-state index contributed by atoms with van der Waals surface area (Å²) in [4.78, 5) is 0. The Morgan fingerprint density at radius 3 is 2.67 bits per heavy atom. The molecule has 0 aliphatic carbocycles. The van der Waals surface area contributed by atoms with Gasteiger partial charge in [-0.15, -0.1) is 12.3 Å². The highest BCUT2D eigenvalue weighted by atomic mass is 14.1. The Kier molecular flexibility index (Phi) is 2.74. The van der Waals surface area contributed by atoms with E-state index in [1.54, 1.807) is 0 Å². The van der Waals surface area contributed by atoms with Gasteiger partial charge in [-0.05, 0) is 28.3 Å².